The van der Waals surface area contributed by atoms with Crippen LogP contribution in [0.25, 0.3) is 72.1 Å². The average Bonchev–Trinajstić information content (AvgIpc) is 2.25. The topological polar surface area (TPSA) is 0 Å². The van der Waals surface area contributed by atoms with E-state index >= 15 is 0 Å². The summed E-state index contributed by atoms with van der Waals surface area (Å²) >= 11 is 0. The molecule has 430 valence electrons. The van der Waals surface area contributed by atoms with Gasteiger partial charge in [0.25, 0.3) is 0 Å². The third-order valence-corrected chi connectivity index (χ3v) is 19.8. The van der Waals surface area contributed by atoms with Gasteiger partial charge in [-0.15, -0.1) is 0 Å². The zero-order valence-corrected chi connectivity index (χ0v) is 52.3. The molecule has 0 nitrogen and oxygen atoms in total. The second-order valence-electron chi connectivity index (χ2n) is 25.9. The lowest BCUT2D eigenvalue weighted by Crippen LogP contribution is -2.26. The number of fused-ring (bicyclic) bond motifs is 10. The molecule has 0 bridgehead atoms. The number of benzene rings is 7. The van der Waals surface area contributed by atoms with E-state index in [9.17, 15) is 0 Å². The van der Waals surface area contributed by atoms with Crippen LogP contribution in [0.4, 0.5) is 0 Å². The SMILES string of the molecule is CCCCCCCCC1(CCCCCCCC)c2cc(C)ccc2-c2c1cc(-c1ccc(-c3cc4c(c5ccccc35)-c3ccc(C=C(C)CCCCC)cc3C4(CCCCCCCC)CCCCCCCC)cc1)c1ccccc21. The number of rotatable bonds is 35. The molecule has 81 heavy (non-hydrogen) atoms. The second-order valence-corrected chi connectivity index (χ2v) is 25.9. The Morgan fingerprint density at radius 2 is 0.691 bits per heavy atom. The van der Waals surface area contributed by atoms with Crippen LogP contribution in [-0.2, 0) is 10.8 Å². The molecule has 0 unspecified atom stereocenters. The largest absolute Gasteiger partial charge is 0.0727 e. The van der Waals surface area contributed by atoms with Crippen molar-refractivity contribution >= 4 is 27.6 Å². The molecule has 0 spiro atoms. The summed E-state index contributed by atoms with van der Waals surface area (Å²) in [7, 11) is 0. The third kappa shape index (κ3) is 13.7. The van der Waals surface area contributed by atoms with Crippen molar-refractivity contribution in [2.75, 3.05) is 0 Å². The van der Waals surface area contributed by atoms with Crippen molar-refractivity contribution in [1.29, 1.82) is 0 Å². The van der Waals surface area contributed by atoms with Gasteiger partial charge in [-0.05, 0) is 158 Å². The van der Waals surface area contributed by atoms with E-state index in [1.165, 1.54) is 288 Å². The van der Waals surface area contributed by atoms with Gasteiger partial charge in [-0.1, -0.05) is 328 Å². The maximum Gasteiger partial charge on any atom is 0.0215 e. The molecule has 0 aromatic heterocycles. The van der Waals surface area contributed by atoms with Crippen molar-refractivity contribution in [2.24, 2.45) is 0 Å². The Hall–Kier alpha value is -5.20. The lowest BCUT2D eigenvalue weighted by molar-refractivity contribution is 0.398. The van der Waals surface area contributed by atoms with Crippen molar-refractivity contribution in [3.63, 3.8) is 0 Å². The molecule has 0 aliphatic heterocycles. The summed E-state index contributed by atoms with van der Waals surface area (Å²) in [6, 6.07) is 49.5. The van der Waals surface area contributed by atoms with E-state index in [0.717, 1.165) is 0 Å². The standard InChI is InChI=1S/C81H106/c1-8-13-18-22-26-35-52-80(53-36-27-23-19-14-9-2)74-57-62(7)44-50-70(74)78-68-42-33-31-40-66(68)72(59-76(78)80)64-46-48-65(49-47-64)73-60-77-79(69-43-34-32-41-67(69)73)71-51-45-63(56-61(6)39-30-17-12-5)58-75(71)81(77,54-37-28-24-20-15-10-3)55-38-29-25-21-16-11-4/h31-34,40-51,56-60H,8-30,35-39,52-55H2,1-7H3. The van der Waals surface area contributed by atoms with E-state index in [-0.39, 0.29) is 10.8 Å². The van der Waals surface area contributed by atoms with E-state index in [1.54, 1.807) is 22.3 Å². The summed E-state index contributed by atoms with van der Waals surface area (Å²) in [6.07, 6.45) is 44.4. The predicted molar refractivity (Wildman–Crippen MR) is 359 cm³/mol. The zero-order valence-electron chi connectivity index (χ0n) is 52.3. The van der Waals surface area contributed by atoms with E-state index in [2.05, 4.69) is 176 Å². The molecule has 0 heteroatoms. The summed E-state index contributed by atoms with van der Waals surface area (Å²) in [5.74, 6) is 0. The summed E-state index contributed by atoms with van der Waals surface area (Å²) in [5.41, 5.74) is 22.2. The first kappa shape index (κ1) is 60.4. The van der Waals surface area contributed by atoms with Gasteiger partial charge in [0, 0.05) is 10.8 Å². The van der Waals surface area contributed by atoms with Crippen molar-refractivity contribution in [2.45, 2.75) is 265 Å². The van der Waals surface area contributed by atoms with Crippen LogP contribution in [0.2, 0.25) is 0 Å². The zero-order chi connectivity index (χ0) is 56.4. The van der Waals surface area contributed by atoms with E-state index in [1.807, 2.05) is 0 Å². The molecule has 0 radical (unpaired) electrons. The molecule has 9 rings (SSSR count). The smallest absolute Gasteiger partial charge is 0.0215 e. The molecular weight excluding hydrogens is 973 g/mol. The maximum atomic E-state index is 2.73. The van der Waals surface area contributed by atoms with Gasteiger partial charge in [-0.25, -0.2) is 0 Å². The highest BCUT2D eigenvalue weighted by Crippen LogP contribution is 2.60. The van der Waals surface area contributed by atoms with Crippen molar-refractivity contribution in [3.8, 4) is 44.5 Å². The van der Waals surface area contributed by atoms with Gasteiger partial charge in [0.1, 0.15) is 0 Å². The van der Waals surface area contributed by atoms with Crippen LogP contribution in [0.3, 0.4) is 0 Å². The minimum absolute atomic E-state index is 0.0180. The lowest BCUT2D eigenvalue weighted by Gasteiger charge is -2.34. The molecule has 0 amide bonds. The van der Waals surface area contributed by atoms with Gasteiger partial charge in [-0.3, -0.25) is 0 Å². The molecule has 2 aliphatic rings. The van der Waals surface area contributed by atoms with E-state index < -0.39 is 0 Å². The first-order valence-electron chi connectivity index (χ1n) is 34.0. The number of hydrogen-bond acceptors (Lipinski definition) is 0. The second kappa shape index (κ2) is 29.9. The molecule has 7 aromatic rings. The Morgan fingerprint density at radius 3 is 1.11 bits per heavy atom. The van der Waals surface area contributed by atoms with Crippen molar-refractivity contribution in [3.05, 3.63) is 160 Å². The highest BCUT2D eigenvalue weighted by Gasteiger charge is 2.45. The van der Waals surface area contributed by atoms with Crippen LogP contribution in [-0.4, -0.2) is 0 Å². The molecular formula is C81H106. The quantitative estimate of drug-likeness (QED) is 0.0348. The van der Waals surface area contributed by atoms with Gasteiger partial charge in [0.05, 0.1) is 0 Å². The summed E-state index contributed by atoms with van der Waals surface area (Å²) < 4.78 is 0. The fourth-order valence-corrected chi connectivity index (χ4v) is 15.4. The number of hydrogen-bond donors (Lipinski definition) is 0. The van der Waals surface area contributed by atoms with Gasteiger partial charge in [0.2, 0.25) is 0 Å². The molecule has 0 heterocycles. The number of unbranched alkanes of at least 4 members (excludes halogenated alkanes) is 22. The molecule has 0 saturated heterocycles. The Morgan fingerprint density at radius 1 is 0.333 bits per heavy atom. The fraction of sp³-hybridized carbons (Fsp3) is 0.506. The Bertz CT molecular complexity index is 3100. The molecule has 0 saturated carbocycles. The minimum Gasteiger partial charge on any atom is -0.0727 e. The molecule has 2 aliphatic carbocycles. The Kier molecular flexibility index (Phi) is 22.3. The minimum atomic E-state index is -0.0180. The molecule has 0 atom stereocenters. The summed E-state index contributed by atoms with van der Waals surface area (Å²) in [5, 5.41) is 5.61. The van der Waals surface area contributed by atoms with Crippen LogP contribution in [0, 0.1) is 6.92 Å². The highest BCUT2D eigenvalue weighted by atomic mass is 14.5. The number of aryl methyl sites for hydroxylation is 1. The summed E-state index contributed by atoms with van der Waals surface area (Å²) in [6.45, 7) is 16.4. The number of allylic oxidation sites excluding steroid dienone is 1. The molecule has 0 fully saturated rings. The van der Waals surface area contributed by atoms with E-state index in [4.69, 9.17) is 0 Å². The first-order chi connectivity index (χ1) is 39.8. The predicted octanol–water partition coefficient (Wildman–Crippen LogP) is 26.2. The molecule has 7 aromatic carbocycles. The fourth-order valence-electron chi connectivity index (χ4n) is 15.4. The average molecular weight is 1080 g/mol. The maximum absolute atomic E-state index is 2.73. The third-order valence-electron chi connectivity index (χ3n) is 19.8. The Balaban J connectivity index is 1.16. The van der Waals surface area contributed by atoms with Gasteiger partial charge in [-0.2, -0.15) is 0 Å². The first-order valence-corrected chi connectivity index (χ1v) is 34.0. The van der Waals surface area contributed by atoms with Crippen LogP contribution in [0.5, 0.6) is 0 Å². The lowest BCUT2D eigenvalue weighted by atomic mass is 9.69. The summed E-state index contributed by atoms with van der Waals surface area (Å²) in [4.78, 5) is 0. The van der Waals surface area contributed by atoms with E-state index in [0.29, 0.717) is 0 Å². The van der Waals surface area contributed by atoms with Crippen LogP contribution in [0.15, 0.2) is 127 Å². The van der Waals surface area contributed by atoms with Crippen LogP contribution in [0.1, 0.15) is 280 Å². The van der Waals surface area contributed by atoms with Gasteiger partial charge in [0.15, 0.2) is 0 Å². The normalized spacial score (nSPS) is 14.0. The van der Waals surface area contributed by atoms with Crippen molar-refractivity contribution in [1.82, 2.24) is 0 Å². The van der Waals surface area contributed by atoms with Crippen LogP contribution < -0.4 is 0 Å². The van der Waals surface area contributed by atoms with Crippen molar-refractivity contribution < 1.29 is 0 Å². The molecule has 0 N–H and O–H groups in total. The van der Waals surface area contributed by atoms with Crippen LogP contribution >= 0.6 is 0 Å². The Labute approximate surface area is 494 Å². The highest BCUT2D eigenvalue weighted by molar-refractivity contribution is 6.11. The van der Waals surface area contributed by atoms with Gasteiger partial charge < -0.3 is 0 Å². The monoisotopic (exact) mass is 1080 g/mol. The van der Waals surface area contributed by atoms with Gasteiger partial charge >= 0.3 is 0 Å².